The molecule has 0 aliphatic heterocycles. The lowest BCUT2D eigenvalue weighted by molar-refractivity contribution is -0.0200. The predicted octanol–water partition coefficient (Wildman–Crippen LogP) is 2.05. The summed E-state index contributed by atoms with van der Waals surface area (Å²) in [4.78, 5) is 0. The maximum Gasteiger partial charge on any atom is 0.0607 e. The van der Waals surface area contributed by atoms with Crippen molar-refractivity contribution in [2.45, 2.75) is 39.2 Å². The fourth-order valence-corrected chi connectivity index (χ4v) is 4.59. The quantitative estimate of drug-likeness (QED) is 0.632. The van der Waals surface area contributed by atoms with Crippen LogP contribution in [0.15, 0.2) is 0 Å². The van der Waals surface area contributed by atoms with Gasteiger partial charge in [0.2, 0.25) is 0 Å². The molecule has 4 fully saturated rings. The summed E-state index contributed by atoms with van der Waals surface area (Å²) in [5, 5.41) is 10.0. The van der Waals surface area contributed by atoms with Crippen molar-refractivity contribution in [1.29, 1.82) is 0 Å². The van der Waals surface area contributed by atoms with Gasteiger partial charge >= 0.3 is 0 Å². The number of fused-ring (bicyclic) bond motifs is 1. The Morgan fingerprint density at radius 1 is 1.17 bits per heavy atom. The summed E-state index contributed by atoms with van der Waals surface area (Å²) < 4.78 is 0. The molecule has 1 heteroatoms. The minimum atomic E-state index is 0.0417. The van der Waals surface area contributed by atoms with Gasteiger partial charge in [0.05, 0.1) is 6.10 Å². The Bertz CT molecular complexity index is 204. The molecule has 0 aromatic heterocycles. The Labute approximate surface area is 74.2 Å². The molecule has 0 spiro atoms. The van der Waals surface area contributed by atoms with Crippen LogP contribution in [-0.4, -0.2) is 11.2 Å². The number of aliphatic hydroxyl groups excluding tert-OH is 1. The summed E-state index contributed by atoms with van der Waals surface area (Å²) in [6.45, 7) is 4.59. The van der Waals surface area contributed by atoms with Crippen molar-refractivity contribution in [3.63, 3.8) is 0 Å². The molecule has 3 unspecified atom stereocenters. The molecule has 0 heterocycles. The van der Waals surface area contributed by atoms with Gasteiger partial charge in [-0.3, -0.25) is 0 Å². The van der Waals surface area contributed by atoms with Crippen molar-refractivity contribution in [2.24, 2.45) is 29.1 Å². The van der Waals surface area contributed by atoms with Crippen LogP contribution < -0.4 is 0 Å². The molecule has 4 rings (SSSR count). The standard InChI is InChI=1S/C11H18O/c1-6(2)11-8-3-7(4-9(8)11)5-10(11)12/h6-10,12H,3-5H2,1-2H3. The van der Waals surface area contributed by atoms with Crippen molar-refractivity contribution in [3.05, 3.63) is 0 Å². The second kappa shape index (κ2) is 1.89. The monoisotopic (exact) mass is 166 g/mol. The maximum absolute atomic E-state index is 10.0. The van der Waals surface area contributed by atoms with Gasteiger partial charge in [-0.25, -0.2) is 0 Å². The van der Waals surface area contributed by atoms with Crippen molar-refractivity contribution < 1.29 is 5.11 Å². The topological polar surface area (TPSA) is 20.2 Å². The predicted molar refractivity (Wildman–Crippen MR) is 47.6 cm³/mol. The summed E-state index contributed by atoms with van der Waals surface area (Å²) >= 11 is 0. The smallest absolute Gasteiger partial charge is 0.0607 e. The van der Waals surface area contributed by atoms with E-state index in [0.29, 0.717) is 11.3 Å². The lowest BCUT2D eigenvalue weighted by atomic mass is 9.69. The molecule has 4 aliphatic rings. The fraction of sp³-hybridized carbons (Fsp3) is 1.00. The fourth-order valence-electron chi connectivity index (χ4n) is 4.59. The Balaban J connectivity index is 1.97. The van der Waals surface area contributed by atoms with E-state index in [1.54, 1.807) is 0 Å². The van der Waals surface area contributed by atoms with Gasteiger partial charge in [0.1, 0.15) is 0 Å². The van der Waals surface area contributed by atoms with E-state index in [-0.39, 0.29) is 6.10 Å². The largest absolute Gasteiger partial charge is 0.393 e. The van der Waals surface area contributed by atoms with Crippen LogP contribution in [0.3, 0.4) is 0 Å². The average molecular weight is 166 g/mol. The summed E-state index contributed by atoms with van der Waals surface area (Å²) in [7, 11) is 0. The Kier molecular flexibility index (Phi) is 1.16. The summed E-state index contributed by atoms with van der Waals surface area (Å²) in [6, 6.07) is 0. The molecule has 4 aliphatic carbocycles. The molecule has 0 radical (unpaired) electrons. The minimum Gasteiger partial charge on any atom is -0.393 e. The molecule has 0 saturated heterocycles. The van der Waals surface area contributed by atoms with Crippen LogP contribution in [0.2, 0.25) is 0 Å². The molecule has 0 amide bonds. The first kappa shape index (κ1) is 7.37. The highest BCUT2D eigenvalue weighted by molar-refractivity contribution is 5.22. The molecule has 0 aromatic rings. The third-order valence-electron chi connectivity index (χ3n) is 4.97. The first-order chi connectivity index (χ1) is 5.67. The highest BCUT2D eigenvalue weighted by Crippen LogP contribution is 2.77. The summed E-state index contributed by atoms with van der Waals surface area (Å²) in [6.07, 6.45) is 4.00. The highest BCUT2D eigenvalue weighted by atomic mass is 16.3. The van der Waals surface area contributed by atoms with E-state index < -0.39 is 0 Å². The molecular formula is C11H18O. The van der Waals surface area contributed by atoms with E-state index in [2.05, 4.69) is 13.8 Å². The van der Waals surface area contributed by atoms with Gasteiger partial charge in [-0.1, -0.05) is 13.8 Å². The average Bonchev–Trinajstić information content (AvgIpc) is 2.48. The van der Waals surface area contributed by atoms with Gasteiger partial charge in [0, 0.05) is 5.41 Å². The molecule has 0 aromatic carbocycles. The summed E-state index contributed by atoms with van der Waals surface area (Å²) in [5.41, 5.74) is 0.384. The van der Waals surface area contributed by atoms with Crippen molar-refractivity contribution in [1.82, 2.24) is 0 Å². The molecule has 1 N–H and O–H groups in total. The Morgan fingerprint density at radius 2 is 1.75 bits per heavy atom. The van der Waals surface area contributed by atoms with Gasteiger partial charge in [-0.05, 0) is 42.9 Å². The molecule has 1 nitrogen and oxygen atoms in total. The van der Waals surface area contributed by atoms with Crippen LogP contribution in [0.5, 0.6) is 0 Å². The minimum absolute atomic E-state index is 0.0417. The molecule has 4 bridgehead atoms. The number of aliphatic hydroxyl groups is 1. The molecule has 12 heavy (non-hydrogen) atoms. The third-order valence-corrected chi connectivity index (χ3v) is 4.97. The van der Waals surface area contributed by atoms with Crippen LogP contribution in [0, 0.1) is 29.1 Å². The Morgan fingerprint density at radius 3 is 2.08 bits per heavy atom. The molecule has 4 saturated carbocycles. The van der Waals surface area contributed by atoms with E-state index in [1.165, 1.54) is 12.8 Å². The first-order valence-corrected chi connectivity index (χ1v) is 5.35. The normalized spacial score (nSPS) is 61.0. The van der Waals surface area contributed by atoms with Gasteiger partial charge in [-0.15, -0.1) is 0 Å². The third kappa shape index (κ3) is 0.555. The lowest BCUT2D eigenvalue weighted by Gasteiger charge is -2.39. The van der Waals surface area contributed by atoms with Crippen LogP contribution >= 0.6 is 0 Å². The van der Waals surface area contributed by atoms with E-state index in [0.717, 1.165) is 24.2 Å². The molecular weight excluding hydrogens is 148 g/mol. The second-order valence-electron chi connectivity index (χ2n) is 5.46. The highest BCUT2D eigenvalue weighted by Gasteiger charge is 2.74. The zero-order chi connectivity index (χ0) is 8.51. The number of rotatable bonds is 1. The van der Waals surface area contributed by atoms with Crippen molar-refractivity contribution in [2.75, 3.05) is 0 Å². The van der Waals surface area contributed by atoms with E-state index in [1.807, 2.05) is 0 Å². The summed E-state index contributed by atoms with van der Waals surface area (Å²) in [5.74, 6) is 3.40. The number of hydrogen-bond acceptors (Lipinski definition) is 1. The van der Waals surface area contributed by atoms with Gasteiger partial charge in [0.15, 0.2) is 0 Å². The zero-order valence-corrected chi connectivity index (χ0v) is 7.96. The van der Waals surface area contributed by atoms with Crippen LogP contribution in [0.1, 0.15) is 33.1 Å². The molecule has 3 atom stereocenters. The maximum atomic E-state index is 10.0. The van der Waals surface area contributed by atoms with Crippen LogP contribution in [0.4, 0.5) is 0 Å². The van der Waals surface area contributed by atoms with Gasteiger partial charge in [0.25, 0.3) is 0 Å². The van der Waals surface area contributed by atoms with Gasteiger partial charge in [-0.2, -0.15) is 0 Å². The molecule has 68 valence electrons. The van der Waals surface area contributed by atoms with E-state index in [9.17, 15) is 5.11 Å². The SMILES string of the molecule is CC(C)C12C(O)CC3CC1C2C3. The van der Waals surface area contributed by atoms with Gasteiger partial charge < -0.3 is 5.11 Å². The Hall–Kier alpha value is -0.0400. The van der Waals surface area contributed by atoms with Crippen LogP contribution in [-0.2, 0) is 0 Å². The van der Waals surface area contributed by atoms with E-state index >= 15 is 0 Å². The first-order valence-electron chi connectivity index (χ1n) is 5.35. The number of hydrogen-bond donors (Lipinski definition) is 1. The second-order valence-corrected chi connectivity index (χ2v) is 5.46. The van der Waals surface area contributed by atoms with E-state index in [4.69, 9.17) is 0 Å². The lowest BCUT2D eigenvalue weighted by Crippen LogP contribution is -2.39. The van der Waals surface area contributed by atoms with Crippen molar-refractivity contribution in [3.8, 4) is 0 Å². The zero-order valence-electron chi connectivity index (χ0n) is 7.96. The van der Waals surface area contributed by atoms with Crippen LogP contribution in [0.25, 0.3) is 0 Å². The van der Waals surface area contributed by atoms with Crippen molar-refractivity contribution >= 4 is 0 Å².